The van der Waals surface area contributed by atoms with Crippen LogP contribution in [0.15, 0.2) is 12.1 Å². The molecule has 2 heteroatoms. The van der Waals surface area contributed by atoms with Crippen molar-refractivity contribution >= 4 is 5.97 Å². The highest BCUT2D eigenvalue weighted by atomic mass is 16.4. The third kappa shape index (κ3) is 3.66. The Morgan fingerprint density at radius 2 is 1.81 bits per heavy atom. The van der Waals surface area contributed by atoms with Gasteiger partial charge in [-0.15, -0.1) is 0 Å². The first-order valence-corrected chi connectivity index (χ1v) is 7.99. The molecule has 1 N–H and O–H groups in total. The summed E-state index contributed by atoms with van der Waals surface area (Å²) in [6, 6.07) is 4.43. The summed E-state index contributed by atoms with van der Waals surface area (Å²) in [5, 5.41) is 9.54. The molecule has 116 valence electrons. The molecule has 2 unspecified atom stereocenters. The summed E-state index contributed by atoms with van der Waals surface area (Å²) in [4.78, 5) is 11.6. The monoisotopic (exact) mass is 288 g/mol. The van der Waals surface area contributed by atoms with Gasteiger partial charge in [0.2, 0.25) is 0 Å². The van der Waals surface area contributed by atoms with Gasteiger partial charge in [-0.1, -0.05) is 31.5 Å². The first-order chi connectivity index (χ1) is 9.69. The van der Waals surface area contributed by atoms with E-state index in [0.717, 1.165) is 25.7 Å². The minimum absolute atomic E-state index is 0.182. The van der Waals surface area contributed by atoms with Crippen molar-refractivity contribution in [3.8, 4) is 0 Å². The molecule has 0 bridgehead atoms. The molecular formula is C19H28O2. The number of carboxylic acids is 1. The van der Waals surface area contributed by atoms with E-state index in [4.69, 9.17) is 0 Å². The van der Waals surface area contributed by atoms with Crippen molar-refractivity contribution < 1.29 is 9.90 Å². The molecule has 21 heavy (non-hydrogen) atoms. The largest absolute Gasteiger partial charge is 0.481 e. The van der Waals surface area contributed by atoms with Crippen LogP contribution in [-0.2, 0) is 11.2 Å². The summed E-state index contributed by atoms with van der Waals surface area (Å²) in [7, 11) is 0. The number of carbonyl (C=O) groups is 1. The molecule has 1 aromatic carbocycles. The Kier molecular flexibility index (Phi) is 4.46. The number of rotatable bonds is 3. The van der Waals surface area contributed by atoms with E-state index in [2.05, 4.69) is 46.8 Å². The number of carboxylic acid groups (broad SMARTS) is 1. The second-order valence-corrected chi connectivity index (χ2v) is 7.69. The minimum Gasteiger partial charge on any atom is -0.481 e. The van der Waals surface area contributed by atoms with Crippen LogP contribution in [0.1, 0.15) is 55.4 Å². The molecule has 2 rings (SSSR count). The van der Waals surface area contributed by atoms with Crippen LogP contribution in [-0.4, -0.2) is 11.1 Å². The third-order valence-corrected chi connectivity index (χ3v) is 5.14. The average molecular weight is 288 g/mol. The van der Waals surface area contributed by atoms with Crippen LogP contribution in [0.5, 0.6) is 0 Å². The molecule has 0 radical (unpaired) electrons. The summed E-state index contributed by atoms with van der Waals surface area (Å²) in [5.41, 5.74) is 5.52. The molecule has 1 fully saturated rings. The maximum atomic E-state index is 11.6. The van der Waals surface area contributed by atoms with E-state index in [9.17, 15) is 9.90 Å². The van der Waals surface area contributed by atoms with Gasteiger partial charge in [-0.05, 0) is 74.5 Å². The van der Waals surface area contributed by atoms with Gasteiger partial charge in [-0.3, -0.25) is 4.79 Å². The van der Waals surface area contributed by atoms with Gasteiger partial charge in [-0.25, -0.2) is 0 Å². The summed E-state index contributed by atoms with van der Waals surface area (Å²) in [6.07, 6.45) is 3.75. The van der Waals surface area contributed by atoms with Crippen LogP contribution in [0.2, 0.25) is 0 Å². The predicted octanol–water partition coefficient (Wildman–Crippen LogP) is 4.68. The molecule has 0 aliphatic heterocycles. The first kappa shape index (κ1) is 16.1. The van der Waals surface area contributed by atoms with Crippen molar-refractivity contribution in [3.63, 3.8) is 0 Å². The minimum atomic E-state index is -0.613. The van der Waals surface area contributed by atoms with Crippen LogP contribution in [0.25, 0.3) is 0 Å². The topological polar surface area (TPSA) is 37.3 Å². The van der Waals surface area contributed by atoms with E-state index in [0.29, 0.717) is 0 Å². The molecule has 2 atom stereocenters. The Bertz CT molecular complexity index is 519. The number of aliphatic carboxylic acids is 1. The number of hydrogen-bond acceptors (Lipinski definition) is 1. The van der Waals surface area contributed by atoms with Gasteiger partial charge in [-0.2, -0.15) is 0 Å². The Hall–Kier alpha value is -1.31. The van der Waals surface area contributed by atoms with Crippen molar-refractivity contribution in [1.82, 2.24) is 0 Å². The highest BCUT2D eigenvalue weighted by Gasteiger charge is 2.38. The van der Waals surface area contributed by atoms with Crippen LogP contribution < -0.4 is 0 Å². The van der Waals surface area contributed by atoms with Crippen molar-refractivity contribution in [2.24, 2.45) is 17.3 Å². The molecule has 2 nitrogen and oxygen atoms in total. The zero-order valence-electron chi connectivity index (χ0n) is 14.0. The van der Waals surface area contributed by atoms with Crippen LogP contribution >= 0.6 is 0 Å². The Balaban J connectivity index is 2.28. The van der Waals surface area contributed by atoms with Crippen molar-refractivity contribution in [2.45, 2.75) is 60.3 Å². The van der Waals surface area contributed by atoms with Crippen LogP contribution in [0.4, 0.5) is 0 Å². The first-order valence-electron chi connectivity index (χ1n) is 7.99. The molecule has 0 amide bonds. The fourth-order valence-electron chi connectivity index (χ4n) is 4.07. The van der Waals surface area contributed by atoms with Gasteiger partial charge in [0.25, 0.3) is 0 Å². The van der Waals surface area contributed by atoms with Crippen molar-refractivity contribution in [3.05, 3.63) is 34.4 Å². The zero-order chi connectivity index (χ0) is 15.8. The highest BCUT2D eigenvalue weighted by molar-refractivity contribution is 5.70. The SMILES string of the molecule is Cc1cc(C)c(CC2CC(C)(C)CCC2C(=O)O)c(C)c1. The van der Waals surface area contributed by atoms with Gasteiger partial charge >= 0.3 is 5.97 Å². The lowest BCUT2D eigenvalue weighted by molar-refractivity contribution is -0.146. The fraction of sp³-hybridized carbons (Fsp3) is 0.632. The highest BCUT2D eigenvalue weighted by Crippen LogP contribution is 2.43. The molecular weight excluding hydrogens is 260 g/mol. The molecule has 0 heterocycles. The Morgan fingerprint density at radius 3 is 2.33 bits per heavy atom. The molecule has 1 aliphatic rings. The quantitative estimate of drug-likeness (QED) is 0.876. The van der Waals surface area contributed by atoms with Gasteiger partial charge in [0.05, 0.1) is 5.92 Å². The third-order valence-electron chi connectivity index (χ3n) is 5.14. The number of aryl methyl sites for hydroxylation is 3. The zero-order valence-corrected chi connectivity index (χ0v) is 14.0. The normalized spacial score (nSPS) is 24.8. The molecule has 1 aliphatic carbocycles. The van der Waals surface area contributed by atoms with Gasteiger partial charge < -0.3 is 5.11 Å². The second-order valence-electron chi connectivity index (χ2n) is 7.69. The lowest BCUT2D eigenvalue weighted by Crippen LogP contribution is -2.35. The van der Waals surface area contributed by atoms with Crippen molar-refractivity contribution in [2.75, 3.05) is 0 Å². The summed E-state index contributed by atoms with van der Waals surface area (Å²) >= 11 is 0. The Labute approximate surface area is 128 Å². The maximum Gasteiger partial charge on any atom is 0.306 e. The number of hydrogen-bond donors (Lipinski definition) is 1. The van der Waals surface area contributed by atoms with E-state index in [1.807, 2.05) is 0 Å². The fourth-order valence-corrected chi connectivity index (χ4v) is 4.07. The lowest BCUT2D eigenvalue weighted by atomic mass is 9.65. The molecule has 1 saturated carbocycles. The molecule has 0 aromatic heterocycles. The van der Waals surface area contributed by atoms with Crippen LogP contribution in [0.3, 0.4) is 0 Å². The van der Waals surface area contributed by atoms with E-state index >= 15 is 0 Å². The van der Waals surface area contributed by atoms with Gasteiger partial charge in [0, 0.05) is 0 Å². The van der Waals surface area contributed by atoms with Crippen LogP contribution in [0, 0.1) is 38.0 Å². The summed E-state index contributed by atoms with van der Waals surface area (Å²) in [5.74, 6) is -0.539. The van der Waals surface area contributed by atoms with E-state index in [-0.39, 0.29) is 17.3 Å². The van der Waals surface area contributed by atoms with E-state index in [1.54, 1.807) is 0 Å². The standard InChI is InChI=1S/C19H28O2/c1-12-8-13(2)17(14(3)9-12)10-15-11-19(4,5)7-6-16(15)18(20)21/h8-9,15-16H,6-7,10-11H2,1-5H3,(H,20,21). The van der Waals surface area contributed by atoms with Gasteiger partial charge in [0.1, 0.15) is 0 Å². The molecule has 1 aromatic rings. The molecule has 0 saturated heterocycles. The van der Waals surface area contributed by atoms with Crippen molar-refractivity contribution in [1.29, 1.82) is 0 Å². The second kappa shape index (κ2) is 5.82. The van der Waals surface area contributed by atoms with E-state index < -0.39 is 5.97 Å². The number of benzene rings is 1. The summed E-state index contributed by atoms with van der Waals surface area (Å²) in [6.45, 7) is 11.0. The lowest BCUT2D eigenvalue weighted by Gasteiger charge is -2.39. The summed E-state index contributed by atoms with van der Waals surface area (Å²) < 4.78 is 0. The smallest absolute Gasteiger partial charge is 0.306 e. The van der Waals surface area contributed by atoms with E-state index in [1.165, 1.54) is 22.3 Å². The maximum absolute atomic E-state index is 11.6. The average Bonchev–Trinajstić information content (AvgIpc) is 2.32. The Morgan fingerprint density at radius 1 is 1.24 bits per heavy atom. The van der Waals surface area contributed by atoms with Gasteiger partial charge in [0.15, 0.2) is 0 Å². The predicted molar refractivity (Wildman–Crippen MR) is 86.6 cm³/mol. The molecule has 0 spiro atoms.